The Bertz CT molecular complexity index is 255. The van der Waals surface area contributed by atoms with Crippen molar-refractivity contribution in [3.05, 3.63) is 0 Å². The largest absolute Gasteiger partial charge is 0.308 e. The topological polar surface area (TPSA) is 35.8 Å². The van der Waals surface area contributed by atoms with E-state index in [4.69, 9.17) is 16.9 Å². The van der Waals surface area contributed by atoms with E-state index in [1.54, 1.807) is 0 Å². The number of nitrogens with one attached hydrogen (secondary N) is 1. The fourth-order valence-electron chi connectivity index (χ4n) is 2.34. The average molecular weight is 213 g/mol. The van der Waals surface area contributed by atoms with E-state index in [-0.39, 0.29) is 10.8 Å². The quantitative estimate of drug-likeness (QED) is 0.730. The van der Waals surface area contributed by atoms with Crippen LogP contribution in [0.1, 0.15) is 39.0 Å². The molecule has 3 heteroatoms. The summed E-state index contributed by atoms with van der Waals surface area (Å²) in [5.41, 5.74) is 0. The Morgan fingerprint density at radius 2 is 2.21 bits per heavy atom. The summed E-state index contributed by atoms with van der Waals surface area (Å²) in [7, 11) is 0. The second-order valence-corrected chi connectivity index (χ2v) is 5.45. The van der Waals surface area contributed by atoms with Crippen molar-refractivity contribution in [2.75, 3.05) is 0 Å². The van der Waals surface area contributed by atoms with Crippen molar-refractivity contribution in [1.82, 2.24) is 5.32 Å². The van der Waals surface area contributed by atoms with Gasteiger partial charge in [-0.05, 0) is 32.6 Å². The highest BCUT2D eigenvalue weighted by Crippen LogP contribution is 2.46. The van der Waals surface area contributed by atoms with E-state index in [2.05, 4.69) is 18.3 Å². The van der Waals surface area contributed by atoms with Gasteiger partial charge in [-0.25, -0.2) is 0 Å². The zero-order chi connectivity index (χ0) is 10.2. The van der Waals surface area contributed by atoms with Crippen molar-refractivity contribution in [3.8, 4) is 6.07 Å². The Morgan fingerprint density at radius 3 is 2.79 bits per heavy atom. The summed E-state index contributed by atoms with van der Waals surface area (Å²) in [6.07, 6.45) is 5.60. The first-order valence-electron chi connectivity index (χ1n) is 5.50. The predicted octanol–water partition coefficient (Wildman–Crippen LogP) is 2.43. The van der Waals surface area contributed by atoms with Crippen molar-refractivity contribution in [2.24, 2.45) is 5.92 Å². The van der Waals surface area contributed by atoms with Crippen molar-refractivity contribution in [2.45, 2.75) is 56.0 Å². The van der Waals surface area contributed by atoms with Crippen LogP contribution in [-0.4, -0.2) is 17.0 Å². The first-order chi connectivity index (χ1) is 6.65. The van der Waals surface area contributed by atoms with Gasteiger partial charge in [0.2, 0.25) is 0 Å². The van der Waals surface area contributed by atoms with Crippen LogP contribution in [0.15, 0.2) is 0 Å². The molecule has 0 amide bonds. The van der Waals surface area contributed by atoms with E-state index >= 15 is 0 Å². The summed E-state index contributed by atoms with van der Waals surface area (Å²) in [5, 5.41) is 12.5. The van der Waals surface area contributed by atoms with Crippen LogP contribution in [0.4, 0.5) is 0 Å². The maximum absolute atomic E-state index is 8.94. The van der Waals surface area contributed by atoms with Crippen molar-refractivity contribution in [1.29, 1.82) is 5.26 Å². The number of halogens is 1. The molecule has 0 aromatic rings. The Balaban J connectivity index is 1.88. The maximum Gasteiger partial charge on any atom is 0.0672 e. The molecule has 2 aliphatic rings. The highest BCUT2D eigenvalue weighted by molar-refractivity contribution is 6.26. The van der Waals surface area contributed by atoms with Crippen LogP contribution >= 0.6 is 11.6 Å². The first kappa shape index (κ1) is 10.3. The van der Waals surface area contributed by atoms with Gasteiger partial charge in [-0.15, -0.1) is 11.6 Å². The van der Waals surface area contributed by atoms with Gasteiger partial charge < -0.3 is 5.32 Å². The molecule has 0 aromatic carbocycles. The number of hydrogen-bond acceptors (Lipinski definition) is 2. The molecular formula is C11H17ClN2. The third-order valence-corrected chi connectivity index (χ3v) is 4.35. The highest BCUT2D eigenvalue weighted by Gasteiger charge is 2.46. The molecule has 78 valence electrons. The number of nitriles is 1. The van der Waals surface area contributed by atoms with E-state index in [9.17, 15) is 0 Å². The molecule has 1 N–H and O–H groups in total. The Hall–Kier alpha value is -0.260. The highest BCUT2D eigenvalue weighted by atomic mass is 35.5. The summed E-state index contributed by atoms with van der Waals surface area (Å²) < 4.78 is 0. The second kappa shape index (κ2) is 3.72. The molecule has 2 saturated carbocycles. The molecule has 0 aliphatic heterocycles. The minimum Gasteiger partial charge on any atom is -0.308 e. The predicted molar refractivity (Wildman–Crippen MR) is 57.2 cm³/mol. The minimum absolute atomic E-state index is 0.00258. The zero-order valence-electron chi connectivity index (χ0n) is 8.59. The SMILES string of the molecule is CC(NC1CCCC1C#N)C1(Cl)CC1. The van der Waals surface area contributed by atoms with E-state index in [1.807, 2.05) is 0 Å². The van der Waals surface area contributed by atoms with E-state index in [0.717, 1.165) is 25.7 Å². The van der Waals surface area contributed by atoms with Crippen LogP contribution < -0.4 is 5.32 Å². The molecule has 2 aliphatic carbocycles. The van der Waals surface area contributed by atoms with Crippen molar-refractivity contribution < 1.29 is 0 Å². The van der Waals surface area contributed by atoms with Crippen LogP contribution in [0.25, 0.3) is 0 Å². The fourth-order valence-corrected chi connectivity index (χ4v) is 2.49. The average Bonchev–Trinajstić information content (AvgIpc) is 2.78. The van der Waals surface area contributed by atoms with Gasteiger partial charge in [-0.3, -0.25) is 0 Å². The van der Waals surface area contributed by atoms with Crippen LogP contribution in [0, 0.1) is 17.2 Å². The summed E-state index contributed by atoms with van der Waals surface area (Å²) in [4.78, 5) is 0.00258. The molecule has 2 rings (SSSR count). The minimum atomic E-state index is 0.00258. The third-order valence-electron chi connectivity index (χ3n) is 3.65. The van der Waals surface area contributed by atoms with Gasteiger partial charge in [-0.1, -0.05) is 6.42 Å². The fraction of sp³-hybridized carbons (Fsp3) is 0.909. The van der Waals surface area contributed by atoms with Crippen molar-refractivity contribution in [3.63, 3.8) is 0 Å². The lowest BCUT2D eigenvalue weighted by atomic mass is 10.0. The third kappa shape index (κ3) is 1.89. The smallest absolute Gasteiger partial charge is 0.0672 e. The Morgan fingerprint density at radius 1 is 1.50 bits per heavy atom. The summed E-state index contributed by atoms with van der Waals surface area (Å²) in [6, 6.07) is 3.12. The van der Waals surface area contributed by atoms with Crippen LogP contribution in [0.2, 0.25) is 0 Å². The van der Waals surface area contributed by atoms with Gasteiger partial charge in [0.15, 0.2) is 0 Å². The molecule has 0 bridgehead atoms. The molecule has 0 spiro atoms. The normalized spacial score (nSPS) is 36.4. The number of rotatable bonds is 3. The molecular weight excluding hydrogens is 196 g/mol. The lowest BCUT2D eigenvalue weighted by Crippen LogP contribution is -2.44. The zero-order valence-corrected chi connectivity index (χ0v) is 9.35. The van der Waals surface area contributed by atoms with E-state index in [0.29, 0.717) is 12.1 Å². The second-order valence-electron chi connectivity index (χ2n) is 4.70. The summed E-state index contributed by atoms with van der Waals surface area (Å²) in [5.74, 6) is 0.205. The molecule has 0 saturated heterocycles. The molecule has 2 fully saturated rings. The van der Waals surface area contributed by atoms with Crippen LogP contribution in [0.3, 0.4) is 0 Å². The lowest BCUT2D eigenvalue weighted by molar-refractivity contribution is 0.395. The maximum atomic E-state index is 8.94. The standard InChI is InChI=1S/C11H17ClN2/c1-8(11(12)5-6-11)14-10-4-2-3-9(10)7-13/h8-10,14H,2-6H2,1H3. The van der Waals surface area contributed by atoms with Gasteiger partial charge in [0.05, 0.1) is 16.9 Å². The van der Waals surface area contributed by atoms with E-state index in [1.165, 1.54) is 6.42 Å². The first-order valence-corrected chi connectivity index (χ1v) is 5.88. The van der Waals surface area contributed by atoms with Gasteiger partial charge in [0, 0.05) is 12.1 Å². The number of nitrogens with zero attached hydrogens (tertiary/aromatic N) is 1. The molecule has 0 aromatic heterocycles. The van der Waals surface area contributed by atoms with Gasteiger partial charge in [0.25, 0.3) is 0 Å². The summed E-state index contributed by atoms with van der Waals surface area (Å²) in [6.45, 7) is 2.15. The summed E-state index contributed by atoms with van der Waals surface area (Å²) >= 11 is 6.32. The van der Waals surface area contributed by atoms with Gasteiger partial charge in [-0.2, -0.15) is 5.26 Å². The molecule has 0 heterocycles. The Kier molecular flexibility index (Phi) is 2.72. The van der Waals surface area contributed by atoms with Crippen LogP contribution in [-0.2, 0) is 0 Å². The molecule has 2 nitrogen and oxygen atoms in total. The van der Waals surface area contributed by atoms with Gasteiger partial charge >= 0.3 is 0 Å². The number of hydrogen-bond donors (Lipinski definition) is 1. The molecule has 3 atom stereocenters. The van der Waals surface area contributed by atoms with Gasteiger partial charge in [0.1, 0.15) is 0 Å². The number of alkyl halides is 1. The lowest BCUT2D eigenvalue weighted by Gasteiger charge is -2.24. The monoisotopic (exact) mass is 212 g/mol. The van der Waals surface area contributed by atoms with Crippen LogP contribution in [0.5, 0.6) is 0 Å². The molecule has 3 unspecified atom stereocenters. The van der Waals surface area contributed by atoms with E-state index < -0.39 is 0 Å². The molecule has 14 heavy (non-hydrogen) atoms. The molecule has 0 radical (unpaired) electrons. The van der Waals surface area contributed by atoms with Crippen molar-refractivity contribution >= 4 is 11.6 Å². The Labute approximate surface area is 90.6 Å².